The number of hydrogen-bond acceptors (Lipinski definition) is 3. The molecule has 0 bridgehead atoms. The van der Waals surface area contributed by atoms with E-state index in [9.17, 15) is 13.2 Å². The molecule has 0 aliphatic carbocycles. The molecular formula is C20H23ClN2O3S. The molecule has 2 rings (SSSR count). The van der Waals surface area contributed by atoms with E-state index in [2.05, 4.69) is 5.32 Å². The number of halogens is 1. The Bertz CT molecular complexity index is 934. The van der Waals surface area contributed by atoms with Gasteiger partial charge in [0.2, 0.25) is 15.9 Å². The number of nitrogens with zero attached hydrogens (tertiary/aromatic N) is 1. The summed E-state index contributed by atoms with van der Waals surface area (Å²) in [5, 5.41) is 3.40. The summed E-state index contributed by atoms with van der Waals surface area (Å²) in [6, 6.07) is 11.7. The minimum Gasteiger partial charge on any atom is -0.322 e. The molecule has 0 unspecified atom stereocenters. The Morgan fingerprint density at radius 3 is 2.30 bits per heavy atom. The molecule has 0 aliphatic heterocycles. The average Bonchev–Trinajstić information content (AvgIpc) is 2.63. The van der Waals surface area contributed by atoms with Crippen LogP contribution in [0.3, 0.4) is 0 Å². The molecule has 27 heavy (non-hydrogen) atoms. The van der Waals surface area contributed by atoms with Crippen LogP contribution in [0, 0.1) is 6.92 Å². The molecule has 7 heteroatoms. The number of hydrogen-bond donors (Lipinski definition) is 1. The third-order valence-electron chi connectivity index (χ3n) is 4.10. The Balaban J connectivity index is 2.08. The first kappa shape index (κ1) is 21.2. The first-order chi connectivity index (χ1) is 12.8. The van der Waals surface area contributed by atoms with Gasteiger partial charge in [0, 0.05) is 29.9 Å². The van der Waals surface area contributed by atoms with Gasteiger partial charge in [-0.1, -0.05) is 37.6 Å². The summed E-state index contributed by atoms with van der Waals surface area (Å²) in [5.41, 5.74) is 2.29. The fourth-order valence-electron chi connectivity index (χ4n) is 2.58. The van der Waals surface area contributed by atoms with Crippen molar-refractivity contribution >= 4 is 39.3 Å². The molecule has 1 N–H and O–H groups in total. The Labute approximate surface area is 165 Å². The molecule has 0 saturated heterocycles. The number of anilines is 1. The van der Waals surface area contributed by atoms with E-state index in [0.717, 1.165) is 11.1 Å². The third-order valence-corrected chi connectivity index (χ3v) is 6.40. The van der Waals surface area contributed by atoms with Crippen molar-refractivity contribution in [2.24, 2.45) is 0 Å². The standard InChI is InChI=1S/C20H23ClN2O3S/c1-4-23(5-2)27(25,26)18-10-6-16(7-11-18)8-13-20(24)22-19-12-9-17(21)14-15(19)3/h6-14H,4-5H2,1-3H3,(H,22,24)/b13-8+. The molecule has 0 aromatic heterocycles. The van der Waals surface area contributed by atoms with Crippen LogP contribution < -0.4 is 5.32 Å². The second kappa shape index (κ2) is 9.17. The predicted molar refractivity (Wildman–Crippen MR) is 110 cm³/mol. The van der Waals surface area contributed by atoms with Crippen molar-refractivity contribution < 1.29 is 13.2 Å². The van der Waals surface area contributed by atoms with Crippen LogP contribution in [-0.4, -0.2) is 31.7 Å². The normalized spacial score (nSPS) is 11.9. The molecule has 1 amide bonds. The van der Waals surface area contributed by atoms with Crippen molar-refractivity contribution in [2.75, 3.05) is 18.4 Å². The van der Waals surface area contributed by atoms with Crippen LogP contribution in [0.5, 0.6) is 0 Å². The molecule has 0 atom stereocenters. The maximum Gasteiger partial charge on any atom is 0.248 e. The summed E-state index contributed by atoms with van der Waals surface area (Å²) in [5.74, 6) is -0.278. The van der Waals surface area contributed by atoms with Crippen LogP contribution >= 0.6 is 11.6 Å². The van der Waals surface area contributed by atoms with Gasteiger partial charge in [0.15, 0.2) is 0 Å². The SMILES string of the molecule is CCN(CC)S(=O)(=O)c1ccc(/C=C/C(=O)Nc2ccc(Cl)cc2C)cc1. The van der Waals surface area contributed by atoms with Gasteiger partial charge in [0.1, 0.15) is 0 Å². The molecule has 2 aromatic rings. The van der Waals surface area contributed by atoms with E-state index in [1.165, 1.54) is 10.4 Å². The van der Waals surface area contributed by atoms with Gasteiger partial charge in [-0.3, -0.25) is 4.79 Å². The second-order valence-electron chi connectivity index (χ2n) is 5.94. The third kappa shape index (κ3) is 5.42. The highest BCUT2D eigenvalue weighted by molar-refractivity contribution is 7.89. The topological polar surface area (TPSA) is 66.5 Å². The quantitative estimate of drug-likeness (QED) is 0.696. The second-order valence-corrected chi connectivity index (χ2v) is 8.31. The number of aryl methyl sites for hydroxylation is 1. The number of rotatable bonds is 7. The van der Waals surface area contributed by atoms with Crippen LogP contribution in [0.25, 0.3) is 6.08 Å². The van der Waals surface area contributed by atoms with Crippen LogP contribution in [0.1, 0.15) is 25.0 Å². The van der Waals surface area contributed by atoms with Gasteiger partial charge in [-0.05, 0) is 54.5 Å². The summed E-state index contributed by atoms with van der Waals surface area (Å²) in [6.45, 7) is 6.31. The summed E-state index contributed by atoms with van der Waals surface area (Å²) < 4.78 is 26.3. The van der Waals surface area contributed by atoms with E-state index >= 15 is 0 Å². The van der Waals surface area contributed by atoms with Crippen molar-refractivity contribution in [1.29, 1.82) is 0 Å². The highest BCUT2D eigenvalue weighted by Crippen LogP contribution is 2.20. The molecule has 2 aromatic carbocycles. The van der Waals surface area contributed by atoms with Crippen LogP contribution in [0.15, 0.2) is 53.4 Å². The Morgan fingerprint density at radius 2 is 1.74 bits per heavy atom. The lowest BCUT2D eigenvalue weighted by Gasteiger charge is -2.18. The van der Waals surface area contributed by atoms with Gasteiger partial charge < -0.3 is 5.32 Å². The van der Waals surface area contributed by atoms with Gasteiger partial charge in [0.25, 0.3) is 0 Å². The Morgan fingerprint density at radius 1 is 1.11 bits per heavy atom. The van der Waals surface area contributed by atoms with Crippen molar-refractivity contribution in [3.8, 4) is 0 Å². The molecule has 144 valence electrons. The number of carbonyl (C=O) groups excluding carboxylic acids is 1. The average molecular weight is 407 g/mol. The fraction of sp³-hybridized carbons (Fsp3) is 0.250. The number of amides is 1. The molecule has 0 saturated carbocycles. The molecular weight excluding hydrogens is 384 g/mol. The lowest BCUT2D eigenvalue weighted by atomic mass is 10.2. The van der Waals surface area contributed by atoms with Crippen molar-refractivity contribution in [3.63, 3.8) is 0 Å². The summed E-state index contributed by atoms with van der Waals surface area (Å²) in [4.78, 5) is 12.3. The minimum absolute atomic E-state index is 0.240. The van der Waals surface area contributed by atoms with Gasteiger partial charge in [-0.25, -0.2) is 8.42 Å². The maximum atomic E-state index is 12.5. The van der Waals surface area contributed by atoms with Crippen LogP contribution in [-0.2, 0) is 14.8 Å². The van der Waals surface area contributed by atoms with E-state index in [-0.39, 0.29) is 10.8 Å². The van der Waals surface area contributed by atoms with Crippen LogP contribution in [0.4, 0.5) is 5.69 Å². The minimum atomic E-state index is -3.48. The van der Waals surface area contributed by atoms with Crippen molar-refractivity contribution in [3.05, 3.63) is 64.7 Å². The highest BCUT2D eigenvalue weighted by Gasteiger charge is 2.20. The zero-order chi connectivity index (χ0) is 20.0. The Kier molecular flexibility index (Phi) is 7.18. The molecule has 0 fully saturated rings. The smallest absolute Gasteiger partial charge is 0.248 e. The van der Waals surface area contributed by atoms with E-state index in [1.807, 2.05) is 6.92 Å². The molecule has 0 aliphatic rings. The Hall–Kier alpha value is -2.15. The summed E-state index contributed by atoms with van der Waals surface area (Å²) >= 11 is 5.90. The first-order valence-corrected chi connectivity index (χ1v) is 10.4. The van der Waals surface area contributed by atoms with Gasteiger partial charge in [-0.2, -0.15) is 4.31 Å². The lowest BCUT2D eigenvalue weighted by molar-refractivity contribution is -0.111. The zero-order valence-corrected chi connectivity index (χ0v) is 17.1. The van der Waals surface area contributed by atoms with E-state index in [1.54, 1.807) is 62.4 Å². The maximum absolute atomic E-state index is 12.5. The molecule has 0 radical (unpaired) electrons. The fourth-order valence-corrected chi connectivity index (χ4v) is 4.26. The molecule has 0 spiro atoms. The monoisotopic (exact) mass is 406 g/mol. The number of benzene rings is 2. The molecule has 5 nitrogen and oxygen atoms in total. The van der Waals surface area contributed by atoms with E-state index < -0.39 is 10.0 Å². The first-order valence-electron chi connectivity index (χ1n) is 8.63. The molecule has 0 heterocycles. The number of carbonyl (C=O) groups is 1. The van der Waals surface area contributed by atoms with Gasteiger partial charge in [0.05, 0.1) is 4.90 Å². The largest absolute Gasteiger partial charge is 0.322 e. The summed E-state index contributed by atoms with van der Waals surface area (Å²) in [7, 11) is -3.48. The zero-order valence-electron chi connectivity index (χ0n) is 15.6. The van der Waals surface area contributed by atoms with Crippen LogP contribution in [0.2, 0.25) is 5.02 Å². The van der Waals surface area contributed by atoms with Crippen molar-refractivity contribution in [1.82, 2.24) is 4.31 Å². The predicted octanol–water partition coefficient (Wildman–Crippen LogP) is 4.33. The van der Waals surface area contributed by atoms with Gasteiger partial charge in [-0.15, -0.1) is 0 Å². The van der Waals surface area contributed by atoms with Gasteiger partial charge >= 0.3 is 0 Å². The summed E-state index contributed by atoms with van der Waals surface area (Å²) in [6.07, 6.45) is 3.04. The number of sulfonamides is 1. The lowest BCUT2D eigenvalue weighted by Crippen LogP contribution is -2.30. The highest BCUT2D eigenvalue weighted by atomic mass is 35.5. The van der Waals surface area contributed by atoms with E-state index in [4.69, 9.17) is 11.6 Å². The van der Waals surface area contributed by atoms with E-state index in [0.29, 0.717) is 23.8 Å². The van der Waals surface area contributed by atoms with Crippen molar-refractivity contribution in [2.45, 2.75) is 25.7 Å². The number of nitrogens with one attached hydrogen (secondary N) is 1.